The van der Waals surface area contributed by atoms with Crippen LogP contribution in [-0.2, 0) is 0 Å². The van der Waals surface area contributed by atoms with Crippen molar-refractivity contribution in [3.8, 4) is 33.4 Å². The van der Waals surface area contributed by atoms with Crippen LogP contribution in [0, 0.1) is 9.02 Å². The summed E-state index contributed by atoms with van der Waals surface area (Å²) in [4.78, 5) is 141. The molecule has 13 aromatic heterocycles. The molecule has 0 bridgehead atoms. The van der Waals surface area contributed by atoms with E-state index < -0.39 is 0 Å². The SMILES string of the molecule is O=c1c2ccccc2n2c3ccc(-c4ccc5c(c4)c(=O)c4cccc6c(=O)c7ccccc7n5c64)cc3c(=O)c3cccc1c32.O=c1c2ccccc2n2c3ccc(-c4ccc5c(c4)c(=O)c4cncc6c(=O)c7ccccc7n5c64)cc3c(=O)c3cccc1c32.O=c1c2ccccc2n2c3ccc(-c4ccc5c(c4)c(=S)c4cccc6c(=S)c7ccccc7n5c64)cc3c(=O)c3cccc1c32. The van der Waals surface area contributed by atoms with E-state index in [0.717, 1.165) is 108 Å². The molecule has 642 valence electrons. The Hall–Kier alpha value is -18.4. The third kappa shape index (κ3) is 10.5. The minimum absolute atomic E-state index is 0.0616. The highest BCUT2D eigenvalue weighted by Crippen LogP contribution is 2.41. The highest BCUT2D eigenvalue weighted by Gasteiger charge is 2.27. The van der Waals surface area contributed by atoms with Crippen LogP contribution >= 0.6 is 24.4 Å². The zero-order valence-electron chi connectivity index (χ0n) is 72.1. The first-order valence-corrected chi connectivity index (χ1v) is 45.7. The number of hydrogen-bond acceptors (Lipinski definition) is 13. The molecule has 0 N–H and O–H groups in total. The van der Waals surface area contributed by atoms with Crippen molar-refractivity contribution in [2.45, 2.75) is 0 Å². The van der Waals surface area contributed by atoms with Crippen LogP contribution in [0.4, 0.5) is 0 Å². The molecule has 0 atom stereocenters. The Kier molecular flexibility index (Phi) is 16.2. The summed E-state index contributed by atoms with van der Waals surface area (Å²) in [7, 11) is 0. The molecule has 0 aliphatic heterocycles. The van der Waals surface area contributed by atoms with Gasteiger partial charge >= 0.3 is 0 Å². The molecule has 138 heavy (non-hydrogen) atoms. The Labute approximate surface area is 781 Å². The van der Waals surface area contributed by atoms with Gasteiger partial charge in [0.1, 0.15) is 0 Å². The van der Waals surface area contributed by atoms with E-state index in [1.807, 2.05) is 254 Å². The number of benzene rings is 17. The van der Waals surface area contributed by atoms with Crippen LogP contribution in [0.25, 0.3) is 262 Å². The fraction of sp³-hybridized carbons (Fsp3) is 0. The summed E-state index contributed by atoms with van der Waals surface area (Å²) >= 11 is 12.1. The van der Waals surface area contributed by atoms with Crippen LogP contribution in [0.3, 0.4) is 0 Å². The zero-order valence-corrected chi connectivity index (χ0v) is 73.7. The first-order valence-electron chi connectivity index (χ1n) is 44.9. The van der Waals surface area contributed by atoms with Gasteiger partial charge in [-0.2, -0.15) is 0 Å². The van der Waals surface area contributed by atoms with E-state index in [9.17, 15) is 47.9 Å². The Balaban J connectivity index is 0.000000102. The largest absolute Gasteiger partial charge is 0.308 e. The molecule has 0 spiro atoms. The van der Waals surface area contributed by atoms with E-state index in [-0.39, 0.29) is 54.3 Å². The van der Waals surface area contributed by atoms with Crippen molar-refractivity contribution in [1.82, 2.24) is 31.4 Å². The second kappa shape index (κ2) is 28.6. The fourth-order valence-electron chi connectivity index (χ4n) is 22.5. The molecule has 0 fully saturated rings. The Morgan fingerprint density at radius 2 is 0.304 bits per heavy atom. The summed E-state index contributed by atoms with van der Waals surface area (Å²) in [6, 6.07) is 108. The first-order chi connectivity index (χ1) is 67.5. The average molecular weight is 1810 g/mol. The molecule has 17 aromatic carbocycles. The fourth-order valence-corrected chi connectivity index (χ4v) is 23.1. The van der Waals surface area contributed by atoms with Gasteiger partial charge in [-0.1, -0.05) is 182 Å². The number of fused-ring (bicyclic) bond motifs is 24. The molecular formula is C119H59N7O10S2. The summed E-state index contributed by atoms with van der Waals surface area (Å²) < 4.78 is 14.0. The second-order valence-electron chi connectivity index (χ2n) is 35.5. The summed E-state index contributed by atoms with van der Waals surface area (Å²) in [5.41, 5.74) is 17.2. The normalized spacial score (nSPS) is 12.3. The van der Waals surface area contributed by atoms with Crippen molar-refractivity contribution in [2.24, 2.45) is 0 Å². The lowest BCUT2D eigenvalue weighted by molar-refractivity contribution is 1.28. The summed E-state index contributed by atoms with van der Waals surface area (Å²) in [5, 5.41) is 14.4. The van der Waals surface area contributed by atoms with Crippen molar-refractivity contribution in [3.63, 3.8) is 0 Å². The molecular weight excluding hydrogens is 1750 g/mol. The molecule has 0 saturated carbocycles. The Bertz CT molecular complexity index is 10100. The van der Waals surface area contributed by atoms with Crippen molar-refractivity contribution < 1.29 is 0 Å². The molecule has 30 rings (SSSR count). The van der Waals surface area contributed by atoms with Crippen LogP contribution in [0.15, 0.2) is 406 Å². The maximum absolute atomic E-state index is 14.1. The Morgan fingerprint density at radius 3 is 0.565 bits per heavy atom. The van der Waals surface area contributed by atoms with Crippen molar-refractivity contribution in [2.75, 3.05) is 0 Å². The van der Waals surface area contributed by atoms with Crippen molar-refractivity contribution in [1.29, 1.82) is 0 Å². The van der Waals surface area contributed by atoms with Crippen LogP contribution in [-0.4, -0.2) is 31.4 Å². The van der Waals surface area contributed by atoms with Crippen molar-refractivity contribution >= 4 is 253 Å². The van der Waals surface area contributed by atoms with E-state index in [0.29, 0.717) is 163 Å². The predicted molar refractivity (Wildman–Crippen MR) is 566 cm³/mol. The van der Waals surface area contributed by atoms with Gasteiger partial charge in [0.2, 0.25) is 0 Å². The molecule has 17 nitrogen and oxygen atoms in total. The van der Waals surface area contributed by atoms with Gasteiger partial charge in [-0.15, -0.1) is 0 Å². The van der Waals surface area contributed by atoms with E-state index in [1.54, 1.807) is 66.7 Å². The lowest BCUT2D eigenvalue weighted by Crippen LogP contribution is -2.14. The Morgan fingerprint density at radius 1 is 0.145 bits per heavy atom. The zero-order chi connectivity index (χ0) is 92.5. The minimum Gasteiger partial charge on any atom is -0.308 e. The summed E-state index contributed by atoms with van der Waals surface area (Å²) in [6.45, 7) is 0. The highest BCUT2D eigenvalue weighted by atomic mass is 32.1. The quantitative estimate of drug-likeness (QED) is 0.0917. The van der Waals surface area contributed by atoms with Gasteiger partial charge in [-0.25, -0.2) is 0 Å². The van der Waals surface area contributed by atoms with Gasteiger partial charge in [-0.3, -0.25) is 52.9 Å². The predicted octanol–water partition coefficient (Wildman–Crippen LogP) is 23.4. The van der Waals surface area contributed by atoms with E-state index >= 15 is 0 Å². The first kappa shape index (κ1) is 78.2. The number of para-hydroxylation sites is 11. The number of rotatable bonds is 3. The third-order valence-corrected chi connectivity index (χ3v) is 29.5. The van der Waals surface area contributed by atoms with Crippen LogP contribution < -0.4 is 54.3 Å². The van der Waals surface area contributed by atoms with Crippen molar-refractivity contribution in [3.05, 3.63) is 469 Å². The molecule has 0 radical (unpaired) electrons. The maximum Gasteiger partial charge on any atom is 0.198 e. The highest BCUT2D eigenvalue weighted by molar-refractivity contribution is 7.72. The van der Waals surface area contributed by atoms with Crippen LogP contribution in [0.5, 0.6) is 0 Å². The van der Waals surface area contributed by atoms with Gasteiger partial charge in [0.05, 0.1) is 119 Å². The molecule has 13 heterocycles. The molecule has 0 aliphatic carbocycles. The molecule has 19 heteroatoms. The maximum atomic E-state index is 14.1. The molecule has 0 unspecified atom stereocenters. The van der Waals surface area contributed by atoms with Gasteiger partial charge in [0.15, 0.2) is 54.3 Å². The lowest BCUT2D eigenvalue weighted by atomic mass is 9.97. The summed E-state index contributed by atoms with van der Waals surface area (Å²) in [5.74, 6) is 0. The van der Waals surface area contributed by atoms with E-state index in [1.165, 1.54) is 12.4 Å². The summed E-state index contributed by atoms with van der Waals surface area (Å²) in [6.07, 6.45) is 3.05. The number of hydrogen-bond donors (Lipinski definition) is 0. The van der Waals surface area contributed by atoms with Gasteiger partial charge in [-0.05, 0) is 221 Å². The topological polar surface area (TPSA) is 210 Å². The second-order valence-corrected chi connectivity index (χ2v) is 36.4. The molecule has 0 aliphatic rings. The third-order valence-electron chi connectivity index (χ3n) is 28.6. The van der Waals surface area contributed by atoms with Gasteiger partial charge in [0, 0.05) is 131 Å². The standard InChI is InChI=1S/C40H20N2O4.C40H20N2O2S2.C39H19N3O4/c43-37-23-7-1-3-13-31(23)41-33-17-15-21(19-29(33)39(45)27-11-5-9-25(37)35(27)41)22-16-18-34-30(20-22)40(46)28-12-6-10-26-36(28)42(34)32-14-4-2-8-24(32)38(26)44;43-37-23-7-1-3-13-31(23)41-33-17-15-21(19-29(33)38(44)26-10-5-9-25(37)35(26)41)22-16-18-34-30(20-22)40(46)28-12-6-11-27-36(28)42(34)32-14-4-2-8-24(32)39(27)45;43-36-22-6-1-3-10-30(22)41-32-14-12-20(16-26(32)38(45)25-9-5-8-24(36)34(25)41)21-13-15-33-27(17-21)39(46)29-19-40-18-28-35(29)42(33)31-11-4-2-7-23(31)37(28)44/h2*1-20H;1-19H. The molecule has 0 saturated heterocycles. The number of pyridine rings is 13. The van der Waals surface area contributed by atoms with Crippen LogP contribution in [0.1, 0.15) is 0 Å². The van der Waals surface area contributed by atoms with Gasteiger partial charge < -0.3 is 26.4 Å². The smallest absolute Gasteiger partial charge is 0.198 e. The monoisotopic (exact) mass is 1810 g/mol. The number of aromatic nitrogens is 7. The number of nitrogens with zero attached hydrogens (tertiary/aromatic N) is 7. The van der Waals surface area contributed by atoms with Gasteiger partial charge in [0.25, 0.3) is 0 Å². The van der Waals surface area contributed by atoms with E-state index in [2.05, 4.69) is 56.2 Å². The lowest BCUT2D eigenvalue weighted by Gasteiger charge is -2.17. The van der Waals surface area contributed by atoms with E-state index in [4.69, 9.17) is 24.4 Å². The minimum atomic E-state index is -0.213. The average Bonchev–Trinajstić information content (AvgIpc) is 0.724. The van der Waals surface area contributed by atoms with Crippen LogP contribution in [0.2, 0.25) is 0 Å². The molecule has 30 aromatic rings. The molecule has 0 amide bonds.